The van der Waals surface area contributed by atoms with E-state index in [4.69, 9.17) is 4.74 Å². The number of amides is 2. The van der Waals surface area contributed by atoms with Gasteiger partial charge in [-0.05, 0) is 48.2 Å². The largest absolute Gasteiger partial charge is 0.497 e. The Morgan fingerprint density at radius 2 is 1.69 bits per heavy atom. The highest BCUT2D eigenvalue weighted by atomic mass is 16.5. The fourth-order valence-corrected chi connectivity index (χ4v) is 3.39. The molecule has 1 N–H and O–H groups in total. The molecule has 0 saturated heterocycles. The first-order chi connectivity index (χ1) is 13.9. The Morgan fingerprint density at radius 1 is 1.00 bits per heavy atom. The van der Waals surface area contributed by atoms with Crippen molar-refractivity contribution in [3.63, 3.8) is 0 Å². The van der Waals surface area contributed by atoms with Gasteiger partial charge in [-0.15, -0.1) is 0 Å². The second kappa shape index (κ2) is 8.49. The number of benzene rings is 2. The third kappa shape index (κ3) is 4.03. The minimum atomic E-state index is -0.352. The number of aliphatic hydroxyl groups is 1. The van der Waals surface area contributed by atoms with Gasteiger partial charge in [-0.25, -0.2) is 0 Å². The summed E-state index contributed by atoms with van der Waals surface area (Å²) in [7, 11) is 3.31. The summed E-state index contributed by atoms with van der Waals surface area (Å²) >= 11 is 0. The van der Waals surface area contributed by atoms with E-state index in [2.05, 4.69) is 0 Å². The first kappa shape index (κ1) is 20.6. The molecule has 0 spiro atoms. The van der Waals surface area contributed by atoms with E-state index in [0.717, 1.165) is 16.7 Å². The quantitative estimate of drug-likeness (QED) is 0.731. The zero-order valence-electron chi connectivity index (χ0n) is 17.2. The van der Waals surface area contributed by atoms with Crippen molar-refractivity contribution in [3.05, 3.63) is 70.4 Å². The highest BCUT2D eigenvalue weighted by molar-refractivity contribution is 6.35. The number of carbonyl (C=O) groups excluding carboxylic acids is 2. The lowest BCUT2D eigenvalue weighted by Gasteiger charge is -2.20. The topological polar surface area (TPSA) is 70.1 Å². The zero-order chi connectivity index (χ0) is 21.1. The first-order valence-corrected chi connectivity index (χ1v) is 9.50. The summed E-state index contributed by atoms with van der Waals surface area (Å²) in [5.74, 6) is 0.0361. The molecule has 2 aromatic carbocycles. The molecule has 2 aromatic rings. The van der Waals surface area contributed by atoms with E-state index >= 15 is 0 Å². The van der Waals surface area contributed by atoms with Gasteiger partial charge in [0.2, 0.25) is 0 Å². The molecule has 1 heterocycles. The molecular formula is C23H26N2O4. The van der Waals surface area contributed by atoms with Crippen LogP contribution >= 0.6 is 0 Å². The van der Waals surface area contributed by atoms with E-state index < -0.39 is 0 Å². The Hall–Kier alpha value is -3.12. The average Bonchev–Trinajstić information content (AvgIpc) is 2.95. The third-order valence-electron chi connectivity index (χ3n) is 5.26. The summed E-state index contributed by atoms with van der Waals surface area (Å²) in [5.41, 5.74) is 4.41. The standard InChI is InChI=1S/C23H26N2O4/c1-15-5-8-18(13-16(15)2)20-21(24(3)11-12-26)23(28)25(22(20)27)14-17-6-9-19(29-4)10-7-17/h5-10,13,26H,11-12,14H2,1-4H3. The molecule has 0 fully saturated rings. The summed E-state index contributed by atoms with van der Waals surface area (Å²) in [6.45, 7) is 4.31. The van der Waals surface area contributed by atoms with Gasteiger partial charge in [0.1, 0.15) is 11.4 Å². The Labute approximate surface area is 171 Å². The van der Waals surface area contributed by atoms with Gasteiger partial charge in [-0.2, -0.15) is 0 Å². The SMILES string of the molecule is COc1ccc(CN2C(=O)C(c3ccc(C)c(C)c3)=C(N(C)CCO)C2=O)cc1. The van der Waals surface area contributed by atoms with Gasteiger partial charge in [0, 0.05) is 13.6 Å². The Balaban J connectivity index is 2.00. The highest BCUT2D eigenvalue weighted by Gasteiger charge is 2.40. The summed E-state index contributed by atoms with van der Waals surface area (Å²) in [4.78, 5) is 29.4. The van der Waals surface area contributed by atoms with Crippen LogP contribution < -0.4 is 4.74 Å². The monoisotopic (exact) mass is 394 g/mol. The van der Waals surface area contributed by atoms with Crippen molar-refractivity contribution in [2.45, 2.75) is 20.4 Å². The lowest BCUT2D eigenvalue weighted by molar-refractivity contribution is -0.138. The molecular weight excluding hydrogens is 368 g/mol. The Morgan fingerprint density at radius 3 is 2.28 bits per heavy atom. The molecule has 0 aromatic heterocycles. The van der Waals surface area contributed by atoms with Gasteiger partial charge >= 0.3 is 0 Å². The van der Waals surface area contributed by atoms with Crippen molar-refractivity contribution in [1.29, 1.82) is 0 Å². The molecule has 1 aliphatic heterocycles. The van der Waals surface area contributed by atoms with Gasteiger partial charge in [-0.3, -0.25) is 14.5 Å². The molecule has 6 nitrogen and oxygen atoms in total. The highest BCUT2D eigenvalue weighted by Crippen LogP contribution is 2.33. The second-order valence-electron chi connectivity index (χ2n) is 7.21. The number of aliphatic hydroxyl groups excluding tert-OH is 1. The van der Waals surface area contributed by atoms with Gasteiger partial charge < -0.3 is 14.7 Å². The van der Waals surface area contributed by atoms with Gasteiger partial charge in [-0.1, -0.05) is 30.3 Å². The predicted octanol–water partition coefficient (Wildman–Crippen LogP) is 2.52. The number of hydrogen-bond acceptors (Lipinski definition) is 5. The number of aryl methyl sites for hydroxylation is 2. The number of methoxy groups -OCH3 is 1. The fourth-order valence-electron chi connectivity index (χ4n) is 3.39. The molecule has 29 heavy (non-hydrogen) atoms. The van der Waals surface area contributed by atoms with Gasteiger partial charge in [0.15, 0.2) is 0 Å². The van der Waals surface area contributed by atoms with Crippen molar-refractivity contribution in [2.24, 2.45) is 0 Å². The van der Waals surface area contributed by atoms with Crippen LogP contribution in [0.4, 0.5) is 0 Å². The van der Waals surface area contributed by atoms with Crippen molar-refractivity contribution in [3.8, 4) is 5.75 Å². The Bertz CT molecular complexity index is 963. The maximum Gasteiger partial charge on any atom is 0.278 e. The van der Waals surface area contributed by atoms with Crippen LogP contribution in [0.5, 0.6) is 5.75 Å². The van der Waals surface area contributed by atoms with Crippen LogP contribution in [0.25, 0.3) is 5.57 Å². The van der Waals surface area contributed by atoms with Gasteiger partial charge in [0.25, 0.3) is 11.8 Å². The van der Waals surface area contributed by atoms with E-state index in [0.29, 0.717) is 22.6 Å². The van der Waals surface area contributed by atoms with Gasteiger partial charge in [0.05, 0.1) is 25.8 Å². The summed E-state index contributed by atoms with van der Waals surface area (Å²) in [5, 5.41) is 9.35. The van der Waals surface area contributed by atoms with Crippen molar-refractivity contribution < 1.29 is 19.4 Å². The average molecular weight is 394 g/mol. The lowest BCUT2D eigenvalue weighted by Crippen LogP contribution is -2.34. The number of nitrogens with zero attached hydrogens (tertiary/aromatic N) is 2. The summed E-state index contributed by atoms with van der Waals surface area (Å²) in [6.07, 6.45) is 0. The molecule has 152 valence electrons. The number of ether oxygens (including phenoxy) is 1. The van der Waals surface area contributed by atoms with Crippen LogP contribution in [-0.4, -0.2) is 54.0 Å². The fraction of sp³-hybridized carbons (Fsp3) is 0.304. The molecule has 0 bridgehead atoms. The maximum atomic E-state index is 13.3. The lowest BCUT2D eigenvalue weighted by atomic mass is 9.99. The second-order valence-corrected chi connectivity index (χ2v) is 7.21. The summed E-state index contributed by atoms with van der Waals surface area (Å²) in [6, 6.07) is 13.0. The van der Waals surface area contributed by atoms with Crippen LogP contribution in [-0.2, 0) is 16.1 Å². The van der Waals surface area contributed by atoms with Crippen LogP contribution in [0, 0.1) is 13.8 Å². The van der Waals surface area contributed by atoms with Crippen molar-refractivity contribution >= 4 is 17.4 Å². The van der Waals surface area contributed by atoms with E-state index in [1.165, 1.54) is 4.90 Å². The van der Waals surface area contributed by atoms with E-state index in [1.54, 1.807) is 31.2 Å². The maximum absolute atomic E-state index is 13.3. The molecule has 3 rings (SSSR count). The number of hydrogen-bond donors (Lipinski definition) is 1. The third-order valence-corrected chi connectivity index (χ3v) is 5.26. The number of likely N-dealkylation sites (N-methyl/N-ethyl adjacent to an activating group) is 1. The normalized spacial score (nSPS) is 14.0. The first-order valence-electron chi connectivity index (χ1n) is 9.50. The molecule has 0 atom stereocenters. The minimum absolute atomic E-state index is 0.111. The van der Waals surface area contributed by atoms with Crippen molar-refractivity contribution in [1.82, 2.24) is 9.80 Å². The smallest absolute Gasteiger partial charge is 0.278 e. The summed E-state index contributed by atoms with van der Waals surface area (Å²) < 4.78 is 5.17. The zero-order valence-corrected chi connectivity index (χ0v) is 17.2. The molecule has 0 unspecified atom stereocenters. The minimum Gasteiger partial charge on any atom is -0.497 e. The van der Waals surface area contributed by atoms with Crippen LogP contribution in [0.2, 0.25) is 0 Å². The van der Waals surface area contributed by atoms with Crippen molar-refractivity contribution in [2.75, 3.05) is 27.3 Å². The molecule has 0 saturated carbocycles. The Kier molecular flexibility index (Phi) is 6.03. The van der Waals surface area contributed by atoms with E-state index in [1.807, 2.05) is 44.2 Å². The molecule has 2 amide bonds. The van der Waals surface area contributed by atoms with Crippen LogP contribution in [0.15, 0.2) is 48.2 Å². The number of imide groups is 1. The molecule has 1 aliphatic rings. The number of rotatable bonds is 7. The molecule has 0 radical (unpaired) electrons. The predicted molar refractivity (Wildman–Crippen MR) is 111 cm³/mol. The molecule has 0 aliphatic carbocycles. The van der Waals surface area contributed by atoms with Crippen LogP contribution in [0.1, 0.15) is 22.3 Å². The molecule has 6 heteroatoms. The van der Waals surface area contributed by atoms with Crippen LogP contribution in [0.3, 0.4) is 0 Å². The van der Waals surface area contributed by atoms with E-state index in [-0.39, 0.29) is 31.5 Å². The number of carbonyl (C=O) groups is 2. The van der Waals surface area contributed by atoms with E-state index in [9.17, 15) is 14.7 Å².